The topological polar surface area (TPSA) is 88.8 Å². The fraction of sp³-hybridized carbons (Fsp3) is 0.619. The first-order valence-electron chi connectivity index (χ1n) is 10.8. The molecule has 32 heavy (non-hydrogen) atoms. The maximum absolute atomic E-state index is 14.2. The van der Waals surface area contributed by atoms with E-state index < -0.39 is 22.3 Å². The molecule has 1 aliphatic carbocycles. The van der Waals surface area contributed by atoms with Gasteiger partial charge in [0.2, 0.25) is 0 Å². The lowest BCUT2D eigenvalue weighted by molar-refractivity contribution is 0.110. The molecule has 0 unspecified atom stereocenters. The second kappa shape index (κ2) is 9.70. The van der Waals surface area contributed by atoms with E-state index in [-0.39, 0.29) is 16.5 Å². The minimum atomic E-state index is -3.44. The molecule has 8 nitrogen and oxygen atoms in total. The summed E-state index contributed by atoms with van der Waals surface area (Å²) in [5.41, 5.74) is 0. The van der Waals surface area contributed by atoms with Crippen LogP contribution in [0, 0.1) is 11.7 Å². The summed E-state index contributed by atoms with van der Waals surface area (Å²) in [6.07, 6.45) is 5.15. The Bertz CT molecular complexity index is 1020. The van der Waals surface area contributed by atoms with E-state index in [1.165, 1.54) is 12.1 Å². The van der Waals surface area contributed by atoms with Gasteiger partial charge in [-0.15, -0.1) is 0 Å². The zero-order valence-electron chi connectivity index (χ0n) is 18.0. The van der Waals surface area contributed by atoms with E-state index in [0.29, 0.717) is 24.5 Å². The molecular weight excluding hydrogens is 442 g/mol. The van der Waals surface area contributed by atoms with Crippen LogP contribution < -0.4 is 9.64 Å². The molecule has 176 valence electrons. The second-order valence-corrected chi connectivity index (χ2v) is 10.5. The van der Waals surface area contributed by atoms with Crippen molar-refractivity contribution in [1.82, 2.24) is 15.0 Å². The highest BCUT2D eigenvalue weighted by Crippen LogP contribution is 2.30. The van der Waals surface area contributed by atoms with Crippen molar-refractivity contribution in [2.24, 2.45) is 5.92 Å². The molecule has 2 heterocycles. The van der Waals surface area contributed by atoms with E-state index in [4.69, 9.17) is 9.26 Å². The van der Waals surface area contributed by atoms with Gasteiger partial charge in [-0.1, -0.05) is 0 Å². The number of halogens is 2. The van der Waals surface area contributed by atoms with E-state index in [1.54, 1.807) is 0 Å². The number of alkyl halides is 1. The molecule has 0 spiro atoms. The minimum Gasteiger partial charge on any atom is -0.490 e. The van der Waals surface area contributed by atoms with Gasteiger partial charge in [0.25, 0.3) is 11.8 Å². The number of benzene rings is 1. The number of hydrogen-bond acceptors (Lipinski definition) is 8. The fourth-order valence-electron chi connectivity index (χ4n) is 4.43. The summed E-state index contributed by atoms with van der Waals surface area (Å²) in [4.78, 5) is 8.50. The maximum atomic E-state index is 14.2. The van der Waals surface area contributed by atoms with Crippen LogP contribution in [0.3, 0.4) is 0 Å². The van der Waals surface area contributed by atoms with Crippen LogP contribution in [0.5, 0.6) is 5.75 Å². The number of hydrogen-bond donors (Lipinski definition) is 0. The minimum absolute atomic E-state index is 0.00851. The number of sulfone groups is 1. The van der Waals surface area contributed by atoms with E-state index in [9.17, 15) is 17.2 Å². The summed E-state index contributed by atoms with van der Waals surface area (Å²) in [5, 5.41) is 3.84. The molecule has 0 bridgehead atoms. The highest BCUT2D eigenvalue weighted by Gasteiger charge is 2.30. The number of piperazine rings is 1. The standard InChI is InChI=1S/C21H28F2N4O4S/c1-32(28,29)17-6-7-19(18(23)12-17)30-14-15-2-4-16(5-3-15)26-8-10-27(11-9-26)21-24-20(13-22)31-25-21/h6-7,12,15-16H,2-5,8-11,13-14H2,1H3. The van der Waals surface area contributed by atoms with E-state index in [1.807, 2.05) is 4.90 Å². The second-order valence-electron chi connectivity index (χ2n) is 8.49. The fourth-order valence-corrected chi connectivity index (χ4v) is 5.06. The van der Waals surface area contributed by atoms with Gasteiger partial charge in [-0.3, -0.25) is 4.90 Å². The van der Waals surface area contributed by atoms with E-state index in [2.05, 4.69) is 15.0 Å². The van der Waals surface area contributed by atoms with Gasteiger partial charge in [-0.25, -0.2) is 17.2 Å². The molecule has 0 atom stereocenters. The number of aromatic nitrogens is 2. The smallest absolute Gasteiger partial charge is 0.266 e. The van der Waals surface area contributed by atoms with Crippen molar-refractivity contribution in [3.63, 3.8) is 0 Å². The zero-order valence-corrected chi connectivity index (χ0v) is 18.9. The molecule has 2 aromatic rings. The van der Waals surface area contributed by atoms with Crippen molar-refractivity contribution in [1.29, 1.82) is 0 Å². The Kier molecular flexibility index (Phi) is 6.94. The maximum Gasteiger partial charge on any atom is 0.266 e. The summed E-state index contributed by atoms with van der Waals surface area (Å²) < 4.78 is 60.3. The van der Waals surface area contributed by atoms with Gasteiger partial charge in [0.1, 0.15) is 0 Å². The van der Waals surface area contributed by atoms with Gasteiger partial charge in [0.05, 0.1) is 11.5 Å². The molecule has 0 radical (unpaired) electrons. The lowest BCUT2D eigenvalue weighted by atomic mass is 9.85. The summed E-state index contributed by atoms with van der Waals surface area (Å²) in [6.45, 7) is 3.00. The van der Waals surface area contributed by atoms with E-state index in [0.717, 1.165) is 64.2 Å². The van der Waals surface area contributed by atoms with Crippen LogP contribution in [0.4, 0.5) is 14.7 Å². The van der Waals surface area contributed by atoms with Gasteiger partial charge >= 0.3 is 0 Å². The van der Waals surface area contributed by atoms with Gasteiger partial charge < -0.3 is 14.2 Å². The van der Waals surface area contributed by atoms with Crippen LogP contribution in [-0.4, -0.2) is 68.5 Å². The quantitative estimate of drug-likeness (QED) is 0.611. The highest BCUT2D eigenvalue weighted by molar-refractivity contribution is 7.90. The van der Waals surface area contributed by atoms with Crippen LogP contribution in [0.15, 0.2) is 27.6 Å². The summed E-state index contributed by atoms with van der Waals surface area (Å²) in [7, 11) is -3.44. The Labute approximate surface area is 186 Å². The Morgan fingerprint density at radius 2 is 1.88 bits per heavy atom. The summed E-state index contributed by atoms with van der Waals surface area (Å²) >= 11 is 0. The van der Waals surface area contributed by atoms with Gasteiger partial charge in [-0.2, -0.15) is 4.98 Å². The molecule has 1 saturated heterocycles. The molecule has 4 rings (SSSR count). The van der Waals surface area contributed by atoms with Crippen LogP contribution in [0.2, 0.25) is 0 Å². The third-order valence-corrected chi connectivity index (χ3v) is 7.42. The number of nitrogens with zero attached hydrogens (tertiary/aromatic N) is 4. The first-order chi connectivity index (χ1) is 15.3. The van der Waals surface area contributed by atoms with Crippen LogP contribution in [0.1, 0.15) is 31.6 Å². The third kappa shape index (κ3) is 5.37. The molecule has 1 aliphatic heterocycles. The molecule has 1 aromatic carbocycles. The normalized spacial score (nSPS) is 22.8. The molecule has 2 aliphatic rings. The lowest BCUT2D eigenvalue weighted by Crippen LogP contribution is -2.51. The molecule has 2 fully saturated rings. The average Bonchev–Trinajstić information content (AvgIpc) is 3.27. The monoisotopic (exact) mass is 470 g/mol. The lowest BCUT2D eigenvalue weighted by Gasteiger charge is -2.41. The molecule has 1 aromatic heterocycles. The van der Waals surface area contributed by atoms with Crippen LogP contribution >= 0.6 is 0 Å². The Morgan fingerprint density at radius 3 is 2.47 bits per heavy atom. The van der Waals surface area contributed by atoms with Crippen LogP contribution in [0.25, 0.3) is 0 Å². The van der Waals surface area contributed by atoms with Crippen LogP contribution in [-0.2, 0) is 16.5 Å². The van der Waals surface area contributed by atoms with E-state index >= 15 is 0 Å². The van der Waals surface area contributed by atoms with Crippen molar-refractivity contribution < 1.29 is 26.5 Å². The van der Waals surface area contributed by atoms with Crippen molar-refractivity contribution in [2.45, 2.75) is 43.3 Å². The first kappa shape index (κ1) is 22.9. The Morgan fingerprint density at radius 1 is 1.16 bits per heavy atom. The molecule has 1 saturated carbocycles. The number of rotatable bonds is 7. The molecule has 0 N–H and O–H groups in total. The van der Waals surface area contributed by atoms with Crippen molar-refractivity contribution in [3.8, 4) is 5.75 Å². The zero-order chi connectivity index (χ0) is 22.7. The van der Waals surface area contributed by atoms with Crippen molar-refractivity contribution in [3.05, 3.63) is 29.9 Å². The van der Waals surface area contributed by atoms with Gasteiger partial charge in [0, 0.05) is 38.5 Å². The van der Waals surface area contributed by atoms with Gasteiger partial charge in [-0.05, 0) is 55.0 Å². The largest absolute Gasteiger partial charge is 0.490 e. The highest BCUT2D eigenvalue weighted by atomic mass is 32.2. The predicted octanol–water partition coefficient (Wildman–Crippen LogP) is 2.84. The molecular formula is C21H28F2N4O4S. The number of ether oxygens (including phenoxy) is 1. The molecule has 0 amide bonds. The van der Waals surface area contributed by atoms with Crippen molar-refractivity contribution in [2.75, 3.05) is 43.9 Å². The third-order valence-electron chi connectivity index (χ3n) is 6.31. The van der Waals surface area contributed by atoms with Crippen molar-refractivity contribution >= 4 is 15.8 Å². The SMILES string of the molecule is CS(=O)(=O)c1ccc(OCC2CCC(N3CCN(c4noc(CF)n4)CC3)CC2)c(F)c1. The van der Waals surface area contributed by atoms with Gasteiger partial charge in [0.15, 0.2) is 28.1 Å². The summed E-state index contributed by atoms with van der Waals surface area (Å²) in [5.74, 6) is 0.247. The number of anilines is 1. The Hall–Kier alpha value is -2.27. The molecule has 11 heteroatoms. The Balaban J connectivity index is 1.21. The summed E-state index contributed by atoms with van der Waals surface area (Å²) in [6, 6.07) is 4.27. The predicted molar refractivity (Wildman–Crippen MR) is 114 cm³/mol. The first-order valence-corrected chi connectivity index (χ1v) is 12.7. The average molecular weight is 471 g/mol.